The Balaban J connectivity index is 1.51. The number of carbonyl (C=O) groups is 2. The number of H-pyrrole nitrogens is 1. The monoisotopic (exact) mass is 325 g/mol. The summed E-state index contributed by atoms with van der Waals surface area (Å²) < 4.78 is 0. The van der Waals surface area contributed by atoms with E-state index in [1.807, 2.05) is 46.2 Å². The van der Waals surface area contributed by atoms with Crippen LogP contribution in [-0.2, 0) is 11.2 Å². The molecule has 0 aliphatic carbocycles. The standard InChI is InChI=1S/C19H23N3O2/c23-18(10-9-16-6-2-1-3-7-16)21-12-5-13-22(15-14-21)19(24)17-8-4-11-20-17/h1-4,6-8,11,20H,5,9-10,12-15H2. The second kappa shape index (κ2) is 7.81. The molecule has 0 radical (unpaired) electrons. The molecule has 1 aliphatic heterocycles. The lowest BCUT2D eigenvalue weighted by Crippen LogP contribution is -2.37. The Morgan fingerprint density at radius 1 is 0.917 bits per heavy atom. The van der Waals surface area contributed by atoms with Crippen LogP contribution < -0.4 is 0 Å². The molecule has 5 nitrogen and oxygen atoms in total. The smallest absolute Gasteiger partial charge is 0.270 e. The van der Waals surface area contributed by atoms with Crippen molar-refractivity contribution < 1.29 is 9.59 Å². The Kier molecular flexibility index (Phi) is 5.31. The summed E-state index contributed by atoms with van der Waals surface area (Å²) in [5, 5.41) is 0. The molecule has 0 saturated carbocycles. The average molecular weight is 325 g/mol. The molecule has 1 N–H and O–H groups in total. The summed E-state index contributed by atoms with van der Waals surface area (Å²) in [5.41, 5.74) is 1.79. The maximum atomic E-state index is 12.4. The summed E-state index contributed by atoms with van der Waals surface area (Å²) in [7, 11) is 0. The van der Waals surface area contributed by atoms with E-state index in [2.05, 4.69) is 4.98 Å². The topological polar surface area (TPSA) is 56.4 Å². The zero-order valence-corrected chi connectivity index (χ0v) is 13.8. The highest BCUT2D eigenvalue weighted by Gasteiger charge is 2.22. The quantitative estimate of drug-likeness (QED) is 0.938. The van der Waals surface area contributed by atoms with E-state index in [4.69, 9.17) is 0 Å². The zero-order chi connectivity index (χ0) is 16.8. The van der Waals surface area contributed by atoms with Gasteiger partial charge in [0.2, 0.25) is 5.91 Å². The molecule has 2 amide bonds. The van der Waals surface area contributed by atoms with Crippen LogP contribution in [0.5, 0.6) is 0 Å². The largest absolute Gasteiger partial charge is 0.357 e. The molecule has 0 bridgehead atoms. The molecule has 0 spiro atoms. The van der Waals surface area contributed by atoms with Crippen molar-refractivity contribution in [3.05, 3.63) is 59.9 Å². The van der Waals surface area contributed by atoms with Gasteiger partial charge >= 0.3 is 0 Å². The highest BCUT2D eigenvalue weighted by atomic mass is 16.2. The predicted octanol–water partition coefficient (Wildman–Crippen LogP) is 2.32. The Hall–Kier alpha value is -2.56. The van der Waals surface area contributed by atoms with Crippen LogP contribution in [-0.4, -0.2) is 52.8 Å². The van der Waals surface area contributed by atoms with E-state index >= 15 is 0 Å². The molecule has 1 aromatic heterocycles. The Morgan fingerprint density at radius 3 is 2.42 bits per heavy atom. The molecule has 126 valence electrons. The maximum Gasteiger partial charge on any atom is 0.270 e. The van der Waals surface area contributed by atoms with Crippen LogP contribution >= 0.6 is 0 Å². The second-order valence-corrected chi connectivity index (χ2v) is 6.10. The van der Waals surface area contributed by atoms with Crippen molar-refractivity contribution in [3.8, 4) is 0 Å². The van der Waals surface area contributed by atoms with E-state index in [1.165, 1.54) is 5.56 Å². The average Bonchev–Trinajstić information content (AvgIpc) is 3.04. The molecule has 1 saturated heterocycles. The fourth-order valence-electron chi connectivity index (χ4n) is 3.06. The molecule has 2 aromatic rings. The van der Waals surface area contributed by atoms with Crippen molar-refractivity contribution >= 4 is 11.8 Å². The fraction of sp³-hybridized carbons (Fsp3) is 0.368. The lowest BCUT2D eigenvalue weighted by Gasteiger charge is -2.22. The van der Waals surface area contributed by atoms with Crippen molar-refractivity contribution in [3.63, 3.8) is 0 Å². The van der Waals surface area contributed by atoms with Gasteiger partial charge in [-0.2, -0.15) is 0 Å². The number of aromatic nitrogens is 1. The molecule has 1 fully saturated rings. The molecular weight excluding hydrogens is 302 g/mol. The van der Waals surface area contributed by atoms with E-state index in [1.54, 1.807) is 12.3 Å². The van der Waals surface area contributed by atoms with Gasteiger partial charge in [0.1, 0.15) is 5.69 Å². The third kappa shape index (κ3) is 4.04. The first kappa shape index (κ1) is 16.3. The minimum Gasteiger partial charge on any atom is -0.357 e. The number of hydrogen-bond acceptors (Lipinski definition) is 2. The van der Waals surface area contributed by atoms with Crippen LogP contribution in [0, 0.1) is 0 Å². The number of aromatic amines is 1. The summed E-state index contributed by atoms with van der Waals surface area (Å²) in [6, 6.07) is 13.7. The first-order valence-corrected chi connectivity index (χ1v) is 8.48. The first-order chi connectivity index (χ1) is 11.7. The summed E-state index contributed by atoms with van der Waals surface area (Å²) in [4.78, 5) is 31.5. The van der Waals surface area contributed by atoms with Crippen LogP contribution in [0.25, 0.3) is 0 Å². The number of amides is 2. The number of aryl methyl sites for hydroxylation is 1. The fourth-order valence-corrected chi connectivity index (χ4v) is 3.06. The van der Waals surface area contributed by atoms with Crippen LogP contribution in [0.1, 0.15) is 28.9 Å². The molecule has 5 heteroatoms. The molecule has 2 heterocycles. The highest BCUT2D eigenvalue weighted by Crippen LogP contribution is 2.10. The summed E-state index contributed by atoms with van der Waals surface area (Å²) in [6.45, 7) is 2.62. The van der Waals surface area contributed by atoms with Gasteiger partial charge in [0.15, 0.2) is 0 Å². The van der Waals surface area contributed by atoms with E-state index in [9.17, 15) is 9.59 Å². The number of carbonyl (C=O) groups excluding carboxylic acids is 2. The summed E-state index contributed by atoms with van der Waals surface area (Å²) in [6.07, 6.45) is 3.86. The third-order valence-corrected chi connectivity index (χ3v) is 4.43. The van der Waals surface area contributed by atoms with E-state index in [-0.39, 0.29) is 11.8 Å². The molecule has 0 atom stereocenters. The van der Waals surface area contributed by atoms with Crippen LogP contribution in [0.4, 0.5) is 0 Å². The van der Waals surface area contributed by atoms with E-state index < -0.39 is 0 Å². The Labute approximate surface area is 142 Å². The second-order valence-electron chi connectivity index (χ2n) is 6.10. The SMILES string of the molecule is O=C(CCc1ccccc1)N1CCCN(C(=O)c2ccc[nH]2)CC1. The zero-order valence-electron chi connectivity index (χ0n) is 13.8. The number of hydrogen-bond donors (Lipinski definition) is 1. The van der Waals surface area contributed by atoms with E-state index in [0.29, 0.717) is 31.7 Å². The molecule has 1 aromatic carbocycles. The maximum absolute atomic E-state index is 12.4. The van der Waals surface area contributed by atoms with Gasteiger partial charge in [0, 0.05) is 38.8 Å². The van der Waals surface area contributed by atoms with Crippen molar-refractivity contribution in [2.24, 2.45) is 0 Å². The number of nitrogens with one attached hydrogen (secondary N) is 1. The van der Waals surface area contributed by atoms with Gasteiger partial charge in [-0.3, -0.25) is 9.59 Å². The van der Waals surface area contributed by atoms with Gasteiger partial charge < -0.3 is 14.8 Å². The minimum atomic E-state index is 0.0126. The van der Waals surface area contributed by atoms with Crippen LogP contribution in [0.3, 0.4) is 0 Å². The van der Waals surface area contributed by atoms with Crippen LogP contribution in [0.15, 0.2) is 48.7 Å². The predicted molar refractivity (Wildman–Crippen MR) is 92.7 cm³/mol. The van der Waals surface area contributed by atoms with Gasteiger partial charge in [0.25, 0.3) is 5.91 Å². The van der Waals surface area contributed by atoms with Gasteiger partial charge in [-0.05, 0) is 30.5 Å². The number of benzene rings is 1. The number of rotatable bonds is 4. The van der Waals surface area contributed by atoms with E-state index in [0.717, 1.165) is 19.4 Å². The molecule has 0 unspecified atom stereocenters. The van der Waals surface area contributed by atoms with Gasteiger partial charge in [-0.1, -0.05) is 30.3 Å². The summed E-state index contributed by atoms with van der Waals surface area (Å²) in [5.74, 6) is 0.187. The highest BCUT2D eigenvalue weighted by molar-refractivity contribution is 5.92. The Bertz CT molecular complexity index is 667. The lowest BCUT2D eigenvalue weighted by atomic mass is 10.1. The minimum absolute atomic E-state index is 0.0126. The van der Waals surface area contributed by atoms with Crippen molar-refractivity contribution in [2.75, 3.05) is 26.2 Å². The molecule has 3 rings (SSSR count). The number of nitrogens with zero attached hydrogens (tertiary/aromatic N) is 2. The van der Waals surface area contributed by atoms with Crippen molar-refractivity contribution in [2.45, 2.75) is 19.3 Å². The Morgan fingerprint density at radius 2 is 1.67 bits per heavy atom. The summed E-state index contributed by atoms with van der Waals surface area (Å²) >= 11 is 0. The third-order valence-electron chi connectivity index (χ3n) is 4.43. The molecule has 1 aliphatic rings. The normalized spacial score (nSPS) is 15.2. The van der Waals surface area contributed by atoms with Crippen LogP contribution in [0.2, 0.25) is 0 Å². The lowest BCUT2D eigenvalue weighted by molar-refractivity contribution is -0.131. The van der Waals surface area contributed by atoms with Gasteiger partial charge in [-0.15, -0.1) is 0 Å². The first-order valence-electron chi connectivity index (χ1n) is 8.48. The van der Waals surface area contributed by atoms with Gasteiger partial charge in [-0.25, -0.2) is 0 Å². The van der Waals surface area contributed by atoms with Crippen molar-refractivity contribution in [1.82, 2.24) is 14.8 Å². The van der Waals surface area contributed by atoms with Crippen molar-refractivity contribution in [1.29, 1.82) is 0 Å². The molecular formula is C19H23N3O2. The molecule has 24 heavy (non-hydrogen) atoms. The van der Waals surface area contributed by atoms with Gasteiger partial charge in [0.05, 0.1) is 0 Å².